The Morgan fingerprint density at radius 1 is 1.18 bits per heavy atom. The smallest absolute Gasteiger partial charge is 0.230 e. The second-order valence-electron chi connectivity index (χ2n) is 5.22. The van der Waals surface area contributed by atoms with Crippen molar-refractivity contribution in [1.29, 1.82) is 0 Å². The molecule has 1 amide bonds. The second kappa shape index (κ2) is 6.42. The summed E-state index contributed by atoms with van der Waals surface area (Å²) in [5, 5.41) is 7.91. The molecule has 112 valence electrons. The molecule has 0 saturated carbocycles. The molecule has 0 unspecified atom stereocenters. The van der Waals surface area contributed by atoms with Crippen molar-refractivity contribution in [3.63, 3.8) is 0 Å². The van der Waals surface area contributed by atoms with Gasteiger partial charge >= 0.3 is 0 Å². The molecule has 5 heteroatoms. The van der Waals surface area contributed by atoms with Crippen molar-refractivity contribution in [1.82, 2.24) is 4.98 Å². The van der Waals surface area contributed by atoms with Crippen LogP contribution in [0.2, 0.25) is 0 Å². The summed E-state index contributed by atoms with van der Waals surface area (Å²) in [7, 11) is 0. The van der Waals surface area contributed by atoms with Gasteiger partial charge in [-0.1, -0.05) is 12.1 Å². The molecule has 0 aliphatic carbocycles. The first-order valence-electron chi connectivity index (χ1n) is 6.96. The lowest BCUT2D eigenvalue weighted by atomic mass is 10.1. The molecule has 22 heavy (non-hydrogen) atoms. The minimum Gasteiger partial charge on any atom is -0.326 e. The molecule has 3 rings (SSSR count). The molecule has 1 aromatic carbocycles. The number of carbonyl (C=O) groups is 1. The number of carbonyl (C=O) groups excluding carboxylic acids is 1. The highest BCUT2D eigenvalue weighted by atomic mass is 32.1. The maximum atomic E-state index is 12.2. The van der Waals surface area contributed by atoms with Gasteiger partial charge in [-0.25, -0.2) is 4.98 Å². The minimum absolute atomic E-state index is 0.0342. The number of anilines is 1. The summed E-state index contributed by atoms with van der Waals surface area (Å²) in [6.45, 7) is 4.05. The summed E-state index contributed by atoms with van der Waals surface area (Å²) in [6, 6.07) is 10.1. The van der Waals surface area contributed by atoms with Gasteiger partial charge < -0.3 is 5.32 Å². The van der Waals surface area contributed by atoms with Gasteiger partial charge in [-0.15, -0.1) is 22.7 Å². The van der Waals surface area contributed by atoms with Crippen molar-refractivity contribution < 1.29 is 4.79 Å². The lowest BCUT2D eigenvalue weighted by Crippen LogP contribution is -2.14. The third-order valence-corrected chi connectivity index (χ3v) is 5.06. The molecule has 0 spiro atoms. The average molecular weight is 328 g/mol. The van der Waals surface area contributed by atoms with E-state index in [1.165, 1.54) is 0 Å². The van der Waals surface area contributed by atoms with E-state index in [2.05, 4.69) is 16.4 Å². The number of aryl methyl sites for hydroxylation is 2. The van der Waals surface area contributed by atoms with Crippen LogP contribution in [0.25, 0.3) is 9.88 Å². The van der Waals surface area contributed by atoms with Crippen LogP contribution in [-0.2, 0) is 11.2 Å². The average Bonchev–Trinajstić information content (AvgIpc) is 3.07. The topological polar surface area (TPSA) is 42.0 Å². The van der Waals surface area contributed by atoms with Gasteiger partial charge in [0.05, 0.1) is 17.0 Å². The van der Waals surface area contributed by atoms with E-state index in [1.54, 1.807) is 22.7 Å². The summed E-state index contributed by atoms with van der Waals surface area (Å²) < 4.78 is 0. The second-order valence-corrected chi connectivity index (χ2v) is 7.03. The van der Waals surface area contributed by atoms with Gasteiger partial charge in [0, 0.05) is 11.1 Å². The van der Waals surface area contributed by atoms with Crippen LogP contribution in [-0.4, -0.2) is 10.9 Å². The minimum atomic E-state index is -0.0342. The predicted molar refractivity (Wildman–Crippen MR) is 93.7 cm³/mol. The normalized spacial score (nSPS) is 10.6. The van der Waals surface area contributed by atoms with E-state index in [0.717, 1.165) is 32.4 Å². The lowest BCUT2D eigenvalue weighted by molar-refractivity contribution is -0.115. The molecule has 0 saturated heterocycles. The Bertz CT molecular complexity index is 771. The van der Waals surface area contributed by atoms with Crippen LogP contribution in [0.5, 0.6) is 0 Å². The van der Waals surface area contributed by atoms with Gasteiger partial charge in [0.25, 0.3) is 0 Å². The third-order valence-electron chi connectivity index (χ3n) is 3.13. The molecule has 0 aliphatic heterocycles. The first kappa shape index (κ1) is 14.9. The van der Waals surface area contributed by atoms with Crippen LogP contribution in [0.15, 0.2) is 41.1 Å². The van der Waals surface area contributed by atoms with Crippen molar-refractivity contribution in [3.8, 4) is 9.88 Å². The SMILES string of the molecule is Cc1cc(C)cc(NC(=O)Cc2csc(-c3cccs3)n2)c1. The number of nitrogens with one attached hydrogen (secondary N) is 1. The molecule has 3 aromatic rings. The first-order chi connectivity index (χ1) is 10.6. The maximum absolute atomic E-state index is 12.2. The zero-order valence-electron chi connectivity index (χ0n) is 12.4. The number of thiazole rings is 1. The highest BCUT2D eigenvalue weighted by molar-refractivity contribution is 7.20. The molecule has 0 atom stereocenters. The summed E-state index contributed by atoms with van der Waals surface area (Å²) in [5.41, 5.74) is 3.94. The van der Waals surface area contributed by atoms with E-state index < -0.39 is 0 Å². The number of thiophene rings is 1. The van der Waals surface area contributed by atoms with Gasteiger partial charge in [-0.3, -0.25) is 4.79 Å². The number of rotatable bonds is 4. The Morgan fingerprint density at radius 3 is 2.64 bits per heavy atom. The molecular weight excluding hydrogens is 312 g/mol. The van der Waals surface area contributed by atoms with Gasteiger partial charge in [0.15, 0.2) is 0 Å². The standard InChI is InChI=1S/C17H16N2OS2/c1-11-6-12(2)8-13(7-11)18-16(20)9-14-10-22-17(19-14)15-4-3-5-21-15/h3-8,10H,9H2,1-2H3,(H,18,20). The Hall–Kier alpha value is -1.98. The fourth-order valence-electron chi connectivity index (χ4n) is 2.32. The Morgan fingerprint density at radius 2 is 1.95 bits per heavy atom. The first-order valence-corrected chi connectivity index (χ1v) is 8.72. The molecule has 2 aromatic heterocycles. The number of nitrogens with zero attached hydrogens (tertiary/aromatic N) is 1. The maximum Gasteiger partial charge on any atom is 0.230 e. The molecule has 0 fully saturated rings. The van der Waals surface area contributed by atoms with Crippen molar-refractivity contribution >= 4 is 34.3 Å². The molecule has 0 radical (unpaired) electrons. The monoisotopic (exact) mass is 328 g/mol. The largest absolute Gasteiger partial charge is 0.326 e. The van der Waals surface area contributed by atoms with Gasteiger partial charge in [0.1, 0.15) is 5.01 Å². The van der Waals surface area contributed by atoms with Crippen LogP contribution in [0.4, 0.5) is 5.69 Å². The number of benzene rings is 1. The number of hydrogen-bond acceptors (Lipinski definition) is 4. The molecule has 1 N–H and O–H groups in total. The Balaban J connectivity index is 1.67. The molecule has 3 nitrogen and oxygen atoms in total. The van der Waals surface area contributed by atoms with E-state index >= 15 is 0 Å². The quantitative estimate of drug-likeness (QED) is 0.756. The predicted octanol–water partition coefficient (Wildman–Crippen LogP) is 4.67. The molecular formula is C17H16N2OS2. The van der Waals surface area contributed by atoms with Gasteiger partial charge in [-0.05, 0) is 48.6 Å². The van der Waals surface area contributed by atoms with Crippen molar-refractivity contribution in [3.05, 3.63) is 57.9 Å². The van der Waals surface area contributed by atoms with E-state index in [9.17, 15) is 4.79 Å². The fourth-order valence-corrected chi connectivity index (χ4v) is 3.95. The van der Waals surface area contributed by atoms with E-state index in [4.69, 9.17) is 0 Å². The zero-order valence-corrected chi connectivity index (χ0v) is 14.1. The molecule has 0 aliphatic rings. The third kappa shape index (κ3) is 3.61. The van der Waals surface area contributed by atoms with Crippen LogP contribution in [0.1, 0.15) is 16.8 Å². The Kier molecular flexibility index (Phi) is 4.36. The summed E-state index contributed by atoms with van der Waals surface area (Å²) in [6.07, 6.45) is 0.300. The molecule has 0 bridgehead atoms. The Labute approximate surface area is 137 Å². The summed E-state index contributed by atoms with van der Waals surface area (Å²) in [4.78, 5) is 17.8. The number of aromatic nitrogens is 1. The summed E-state index contributed by atoms with van der Waals surface area (Å²) >= 11 is 3.24. The highest BCUT2D eigenvalue weighted by Crippen LogP contribution is 2.28. The van der Waals surface area contributed by atoms with Crippen LogP contribution < -0.4 is 5.32 Å². The highest BCUT2D eigenvalue weighted by Gasteiger charge is 2.10. The molecule has 2 heterocycles. The van der Waals surface area contributed by atoms with E-state index in [1.807, 2.05) is 48.9 Å². The van der Waals surface area contributed by atoms with Crippen LogP contribution in [0.3, 0.4) is 0 Å². The fraction of sp³-hybridized carbons (Fsp3) is 0.176. The number of amides is 1. The van der Waals surface area contributed by atoms with Crippen molar-refractivity contribution in [2.75, 3.05) is 5.32 Å². The zero-order chi connectivity index (χ0) is 15.5. The van der Waals surface area contributed by atoms with Gasteiger partial charge in [0.2, 0.25) is 5.91 Å². The lowest BCUT2D eigenvalue weighted by Gasteiger charge is -2.06. The van der Waals surface area contributed by atoms with E-state index in [0.29, 0.717) is 6.42 Å². The number of hydrogen-bond donors (Lipinski definition) is 1. The van der Waals surface area contributed by atoms with Crippen molar-refractivity contribution in [2.24, 2.45) is 0 Å². The summed E-state index contributed by atoms with van der Waals surface area (Å²) in [5.74, 6) is -0.0342. The van der Waals surface area contributed by atoms with Gasteiger partial charge in [-0.2, -0.15) is 0 Å². The van der Waals surface area contributed by atoms with Crippen molar-refractivity contribution in [2.45, 2.75) is 20.3 Å². The van der Waals surface area contributed by atoms with E-state index in [-0.39, 0.29) is 5.91 Å². The van der Waals surface area contributed by atoms with Crippen LogP contribution >= 0.6 is 22.7 Å². The van der Waals surface area contributed by atoms with Crippen LogP contribution in [0, 0.1) is 13.8 Å².